The standard InChI is InChI=1S/C20H22O5/c1-12-9-10-15(11-13(12)2)18(21)14(3)25-20(22)16-7-6-8-17(23-4)19(16)24-5/h6-11,14H,1-5H3/t14-/m1/s1. The first kappa shape index (κ1) is 18.5. The minimum atomic E-state index is -0.912. The summed E-state index contributed by atoms with van der Waals surface area (Å²) in [4.78, 5) is 25.0. The highest BCUT2D eigenvalue weighted by Crippen LogP contribution is 2.31. The Labute approximate surface area is 147 Å². The van der Waals surface area contributed by atoms with Crippen LogP contribution in [0.3, 0.4) is 0 Å². The van der Waals surface area contributed by atoms with E-state index in [4.69, 9.17) is 14.2 Å². The van der Waals surface area contributed by atoms with Crippen molar-refractivity contribution in [2.45, 2.75) is 26.9 Å². The van der Waals surface area contributed by atoms with Crippen LogP contribution < -0.4 is 9.47 Å². The maximum Gasteiger partial charge on any atom is 0.342 e. The van der Waals surface area contributed by atoms with Crippen LogP contribution in [0.5, 0.6) is 11.5 Å². The van der Waals surface area contributed by atoms with Crippen molar-refractivity contribution in [2.24, 2.45) is 0 Å². The lowest BCUT2D eigenvalue weighted by Crippen LogP contribution is -2.24. The Hall–Kier alpha value is -2.82. The molecule has 5 heteroatoms. The zero-order chi connectivity index (χ0) is 18.6. The number of rotatable bonds is 6. The summed E-state index contributed by atoms with van der Waals surface area (Å²) in [5.74, 6) is -0.190. The monoisotopic (exact) mass is 342 g/mol. The Bertz CT molecular complexity index is 795. The number of Topliss-reactive ketones (excluding diaryl/α,β-unsaturated/α-hetero) is 1. The molecule has 0 amide bonds. The number of carbonyl (C=O) groups excluding carboxylic acids is 2. The average molecular weight is 342 g/mol. The van der Waals surface area contributed by atoms with Gasteiger partial charge in [-0.25, -0.2) is 4.79 Å². The maximum atomic E-state index is 12.5. The van der Waals surface area contributed by atoms with Gasteiger partial charge in [0.05, 0.1) is 14.2 Å². The van der Waals surface area contributed by atoms with E-state index in [0.717, 1.165) is 11.1 Å². The van der Waals surface area contributed by atoms with E-state index in [0.29, 0.717) is 11.3 Å². The summed E-state index contributed by atoms with van der Waals surface area (Å²) in [6, 6.07) is 10.3. The molecule has 0 aromatic heterocycles. The van der Waals surface area contributed by atoms with Gasteiger partial charge in [0, 0.05) is 5.56 Å². The molecule has 0 saturated carbocycles. The molecule has 132 valence electrons. The second-order valence-corrected chi connectivity index (χ2v) is 5.75. The molecule has 0 unspecified atom stereocenters. The highest BCUT2D eigenvalue weighted by molar-refractivity contribution is 6.02. The Morgan fingerprint density at radius 2 is 1.68 bits per heavy atom. The van der Waals surface area contributed by atoms with Crippen molar-refractivity contribution < 1.29 is 23.8 Å². The topological polar surface area (TPSA) is 61.8 Å². The lowest BCUT2D eigenvalue weighted by Gasteiger charge is -2.15. The summed E-state index contributed by atoms with van der Waals surface area (Å²) in [7, 11) is 2.93. The van der Waals surface area contributed by atoms with Gasteiger partial charge in [0.25, 0.3) is 0 Å². The molecule has 0 aliphatic rings. The van der Waals surface area contributed by atoms with Crippen LogP contribution in [0.2, 0.25) is 0 Å². The van der Waals surface area contributed by atoms with Crippen LogP contribution >= 0.6 is 0 Å². The molecule has 0 fully saturated rings. The van der Waals surface area contributed by atoms with Gasteiger partial charge in [0.1, 0.15) is 5.56 Å². The molecule has 2 aromatic rings. The van der Waals surface area contributed by atoms with Gasteiger partial charge in [-0.05, 0) is 50.1 Å². The van der Waals surface area contributed by atoms with Gasteiger partial charge < -0.3 is 14.2 Å². The van der Waals surface area contributed by atoms with E-state index in [9.17, 15) is 9.59 Å². The molecule has 0 N–H and O–H groups in total. The fraction of sp³-hybridized carbons (Fsp3) is 0.300. The van der Waals surface area contributed by atoms with E-state index in [1.165, 1.54) is 14.2 Å². The molecule has 0 heterocycles. The van der Waals surface area contributed by atoms with E-state index >= 15 is 0 Å². The van der Waals surface area contributed by atoms with Gasteiger partial charge in [-0.2, -0.15) is 0 Å². The van der Waals surface area contributed by atoms with Crippen LogP contribution in [0.25, 0.3) is 0 Å². The summed E-state index contributed by atoms with van der Waals surface area (Å²) in [6.45, 7) is 5.47. The Morgan fingerprint density at radius 1 is 0.960 bits per heavy atom. The third kappa shape index (κ3) is 3.99. The maximum absolute atomic E-state index is 12.5. The summed E-state index contributed by atoms with van der Waals surface area (Å²) >= 11 is 0. The number of carbonyl (C=O) groups is 2. The fourth-order valence-electron chi connectivity index (χ4n) is 2.45. The van der Waals surface area contributed by atoms with Crippen molar-refractivity contribution in [3.8, 4) is 11.5 Å². The highest BCUT2D eigenvalue weighted by Gasteiger charge is 2.24. The van der Waals surface area contributed by atoms with Gasteiger partial charge in [0.2, 0.25) is 5.78 Å². The normalized spacial score (nSPS) is 11.6. The van der Waals surface area contributed by atoms with Crippen LogP contribution in [0.1, 0.15) is 38.8 Å². The number of esters is 1. The van der Waals surface area contributed by atoms with Crippen molar-refractivity contribution in [2.75, 3.05) is 14.2 Å². The Kier molecular flexibility index (Phi) is 5.80. The number of hydrogen-bond acceptors (Lipinski definition) is 5. The molecule has 5 nitrogen and oxygen atoms in total. The molecule has 0 aliphatic heterocycles. The Morgan fingerprint density at radius 3 is 2.28 bits per heavy atom. The van der Waals surface area contributed by atoms with Crippen molar-refractivity contribution in [1.82, 2.24) is 0 Å². The predicted molar refractivity (Wildman–Crippen MR) is 94.7 cm³/mol. The van der Waals surface area contributed by atoms with E-state index in [-0.39, 0.29) is 17.1 Å². The van der Waals surface area contributed by atoms with E-state index in [2.05, 4.69) is 0 Å². The zero-order valence-electron chi connectivity index (χ0n) is 15.1. The molecule has 0 aliphatic carbocycles. The third-order valence-corrected chi connectivity index (χ3v) is 4.07. The van der Waals surface area contributed by atoms with Crippen LogP contribution in [0.15, 0.2) is 36.4 Å². The molecule has 0 saturated heterocycles. The van der Waals surface area contributed by atoms with Crippen LogP contribution in [-0.4, -0.2) is 32.1 Å². The van der Waals surface area contributed by atoms with Gasteiger partial charge in [0.15, 0.2) is 17.6 Å². The van der Waals surface area contributed by atoms with Gasteiger partial charge in [-0.15, -0.1) is 0 Å². The van der Waals surface area contributed by atoms with Crippen LogP contribution in [-0.2, 0) is 4.74 Å². The minimum absolute atomic E-state index is 0.210. The number of para-hydroxylation sites is 1. The van der Waals surface area contributed by atoms with Gasteiger partial charge >= 0.3 is 5.97 Å². The molecule has 25 heavy (non-hydrogen) atoms. The number of ether oxygens (including phenoxy) is 3. The largest absolute Gasteiger partial charge is 0.493 e. The number of hydrogen-bond donors (Lipinski definition) is 0. The van der Waals surface area contributed by atoms with Crippen molar-refractivity contribution >= 4 is 11.8 Å². The van der Waals surface area contributed by atoms with E-state index < -0.39 is 12.1 Å². The molecule has 0 radical (unpaired) electrons. The molecular weight excluding hydrogens is 320 g/mol. The number of ketones is 1. The molecular formula is C20H22O5. The predicted octanol–water partition coefficient (Wildman–Crippen LogP) is 3.75. The van der Waals surface area contributed by atoms with Crippen LogP contribution in [0, 0.1) is 13.8 Å². The number of benzene rings is 2. The van der Waals surface area contributed by atoms with Crippen molar-refractivity contribution in [1.29, 1.82) is 0 Å². The third-order valence-electron chi connectivity index (χ3n) is 4.07. The minimum Gasteiger partial charge on any atom is -0.493 e. The summed E-state index contributed by atoms with van der Waals surface area (Å²) in [5, 5.41) is 0. The lowest BCUT2D eigenvalue weighted by atomic mass is 10.0. The first-order valence-corrected chi connectivity index (χ1v) is 7.92. The van der Waals surface area contributed by atoms with E-state index in [1.54, 1.807) is 37.3 Å². The number of aryl methyl sites for hydroxylation is 2. The summed E-state index contributed by atoms with van der Waals surface area (Å²) in [6.07, 6.45) is -0.912. The fourth-order valence-corrected chi connectivity index (χ4v) is 2.45. The Balaban J connectivity index is 2.20. The first-order chi connectivity index (χ1) is 11.9. The second kappa shape index (κ2) is 7.83. The molecule has 0 spiro atoms. The molecule has 0 bridgehead atoms. The van der Waals surface area contributed by atoms with Crippen molar-refractivity contribution in [3.63, 3.8) is 0 Å². The highest BCUT2D eigenvalue weighted by atomic mass is 16.6. The number of methoxy groups -OCH3 is 2. The SMILES string of the molecule is COc1cccc(C(=O)O[C@H](C)C(=O)c2ccc(C)c(C)c2)c1OC. The second-order valence-electron chi connectivity index (χ2n) is 5.75. The summed E-state index contributed by atoms with van der Waals surface area (Å²) in [5.41, 5.74) is 2.84. The molecule has 1 atom stereocenters. The molecule has 2 aromatic carbocycles. The first-order valence-electron chi connectivity index (χ1n) is 7.92. The molecule has 2 rings (SSSR count). The quantitative estimate of drug-likeness (QED) is 0.591. The van der Waals surface area contributed by atoms with Crippen molar-refractivity contribution in [3.05, 3.63) is 58.7 Å². The van der Waals surface area contributed by atoms with Gasteiger partial charge in [-0.1, -0.05) is 18.2 Å². The lowest BCUT2D eigenvalue weighted by molar-refractivity contribution is 0.0315. The zero-order valence-corrected chi connectivity index (χ0v) is 15.1. The van der Waals surface area contributed by atoms with Gasteiger partial charge in [-0.3, -0.25) is 4.79 Å². The average Bonchev–Trinajstić information content (AvgIpc) is 2.62. The van der Waals surface area contributed by atoms with E-state index in [1.807, 2.05) is 19.9 Å². The summed E-state index contributed by atoms with van der Waals surface area (Å²) < 4.78 is 15.7. The smallest absolute Gasteiger partial charge is 0.342 e. The van der Waals surface area contributed by atoms with Crippen LogP contribution in [0.4, 0.5) is 0 Å².